The first-order chi connectivity index (χ1) is 14.6. The smallest absolute Gasteiger partial charge is 0.233 e. The van der Waals surface area contributed by atoms with Crippen LogP contribution < -0.4 is 15.5 Å². The van der Waals surface area contributed by atoms with Gasteiger partial charge in [-0.1, -0.05) is 30.4 Å². The Morgan fingerprint density at radius 3 is 2.29 bits per heavy atom. The average Bonchev–Trinajstić information content (AvgIpc) is 3.45. The molecule has 1 aromatic rings. The summed E-state index contributed by atoms with van der Waals surface area (Å²) in [4.78, 5) is 33.4. The largest absolute Gasteiger partial charge is 0.375 e. The number of halogens is 1. The van der Waals surface area contributed by atoms with Gasteiger partial charge in [-0.05, 0) is 36.8 Å². The molecule has 1 aliphatic heterocycles. The number of fused-ring (bicyclic) bond motifs is 5. The first kappa shape index (κ1) is 23.6. The molecule has 2 bridgehead atoms. The molecule has 4 rings (SSSR count). The van der Waals surface area contributed by atoms with Gasteiger partial charge in [-0.25, -0.2) is 0 Å². The summed E-state index contributed by atoms with van der Waals surface area (Å²) in [7, 11) is 3.81. The summed E-state index contributed by atoms with van der Waals surface area (Å²) in [6.45, 7) is 2.62. The molecule has 2 N–H and O–H groups in total. The molecule has 8 heteroatoms. The molecule has 1 saturated heterocycles. The molecule has 0 aromatic heterocycles. The monoisotopic (exact) mass is 537 g/mol. The van der Waals surface area contributed by atoms with E-state index in [0.717, 1.165) is 25.9 Å². The standard InChI is InChI=1S/C23H31N5O2.HI/c1-24-23(25-11-6-13-27(2)18-7-4-3-5-8-18)26-12-14-28-21(29)19-16-9-10-17(15-16)20(19)22(28)30;/h3-5,7-10,16-17,19-20H,6,11-15H2,1-2H3,(H2,24,25,26);1H. The van der Waals surface area contributed by atoms with Crippen LogP contribution >= 0.6 is 24.0 Å². The third-order valence-corrected chi connectivity index (χ3v) is 6.57. The molecular formula is C23H32IN5O2. The van der Waals surface area contributed by atoms with Crippen LogP contribution in [0.3, 0.4) is 0 Å². The number of hydrogen-bond donors (Lipinski definition) is 2. The van der Waals surface area contributed by atoms with Gasteiger partial charge >= 0.3 is 0 Å². The molecule has 3 aliphatic rings. The van der Waals surface area contributed by atoms with Crippen LogP contribution in [0.5, 0.6) is 0 Å². The minimum Gasteiger partial charge on any atom is -0.375 e. The van der Waals surface area contributed by atoms with Gasteiger partial charge in [0.25, 0.3) is 0 Å². The molecule has 2 fully saturated rings. The van der Waals surface area contributed by atoms with Crippen molar-refractivity contribution in [1.82, 2.24) is 15.5 Å². The van der Waals surface area contributed by atoms with Crippen molar-refractivity contribution >= 4 is 47.4 Å². The number of nitrogens with zero attached hydrogens (tertiary/aromatic N) is 3. The van der Waals surface area contributed by atoms with Gasteiger partial charge < -0.3 is 15.5 Å². The molecular weight excluding hydrogens is 505 g/mol. The van der Waals surface area contributed by atoms with Crippen molar-refractivity contribution in [1.29, 1.82) is 0 Å². The second-order valence-electron chi connectivity index (χ2n) is 8.36. The number of likely N-dealkylation sites (tertiary alicyclic amines) is 1. The van der Waals surface area contributed by atoms with Crippen molar-refractivity contribution < 1.29 is 9.59 Å². The maximum atomic E-state index is 12.7. The number of anilines is 1. The number of hydrogen-bond acceptors (Lipinski definition) is 4. The van der Waals surface area contributed by atoms with Crippen LogP contribution in [0.25, 0.3) is 0 Å². The Kier molecular flexibility index (Phi) is 7.96. The fraction of sp³-hybridized carbons (Fsp3) is 0.522. The third-order valence-electron chi connectivity index (χ3n) is 6.57. The van der Waals surface area contributed by atoms with E-state index in [-0.39, 0.29) is 59.5 Å². The molecule has 4 unspecified atom stereocenters. The molecule has 0 radical (unpaired) electrons. The summed E-state index contributed by atoms with van der Waals surface area (Å²) < 4.78 is 0. The second-order valence-corrected chi connectivity index (χ2v) is 8.36. The number of carbonyl (C=O) groups is 2. The fourth-order valence-electron chi connectivity index (χ4n) is 5.03. The fourth-order valence-corrected chi connectivity index (χ4v) is 5.03. The van der Waals surface area contributed by atoms with Crippen molar-refractivity contribution in [3.63, 3.8) is 0 Å². The van der Waals surface area contributed by atoms with E-state index in [9.17, 15) is 9.59 Å². The maximum absolute atomic E-state index is 12.7. The molecule has 2 aliphatic carbocycles. The van der Waals surface area contributed by atoms with Crippen LogP contribution in [0.15, 0.2) is 47.5 Å². The first-order valence-corrected chi connectivity index (χ1v) is 10.8. The normalized spacial score (nSPS) is 26.1. The zero-order valence-electron chi connectivity index (χ0n) is 18.2. The summed E-state index contributed by atoms with van der Waals surface area (Å²) in [6, 6.07) is 10.3. The highest BCUT2D eigenvalue weighted by atomic mass is 127. The number of nitrogens with one attached hydrogen (secondary N) is 2. The molecule has 1 aromatic carbocycles. The number of rotatable bonds is 8. The quantitative estimate of drug-likeness (QED) is 0.133. The molecule has 2 amide bonds. The van der Waals surface area contributed by atoms with Crippen LogP contribution in [0.2, 0.25) is 0 Å². The Balaban J connectivity index is 0.00000272. The van der Waals surface area contributed by atoms with Gasteiger partial charge in [0, 0.05) is 46.0 Å². The number of para-hydroxylation sites is 1. The number of carbonyl (C=O) groups excluding carboxylic acids is 2. The Morgan fingerprint density at radius 2 is 1.68 bits per heavy atom. The lowest BCUT2D eigenvalue weighted by Crippen LogP contribution is -2.44. The lowest BCUT2D eigenvalue weighted by Gasteiger charge is -2.20. The van der Waals surface area contributed by atoms with Gasteiger partial charge in [0.2, 0.25) is 11.8 Å². The Bertz CT molecular complexity index is 814. The number of imide groups is 1. The Hall–Kier alpha value is -2.10. The van der Waals surface area contributed by atoms with Crippen molar-refractivity contribution in [2.45, 2.75) is 12.8 Å². The minimum atomic E-state index is -0.119. The average molecular weight is 537 g/mol. The van der Waals surface area contributed by atoms with E-state index in [4.69, 9.17) is 0 Å². The topological polar surface area (TPSA) is 77.0 Å². The van der Waals surface area contributed by atoms with Gasteiger partial charge in [-0.2, -0.15) is 0 Å². The van der Waals surface area contributed by atoms with Crippen LogP contribution in [-0.4, -0.2) is 62.9 Å². The summed E-state index contributed by atoms with van der Waals surface area (Å²) in [6.07, 6.45) is 6.18. The zero-order chi connectivity index (χ0) is 21.1. The number of benzene rings is 1. The molecule has 0 spiro atoms. The summed E-state index contributed by atoms with van der Waals surface area (Å²) in [5.74, 6) is 0.998. The predicted octanol–water partition coefficient (Wildman–Crippen LogP) is 2.10. The minimum absolute atomic E-state index is 0. The highest BCUT2D eigenvalue weighted by Gasteiger charge is 2.58. The van der Waals surface area contributed by atoms with E-state index in [1.807, 2.05) is 18.2 Å². The van der Waals surface area contributed by atoms with E-state index in [1.54, 1.807) is 7.05 Å². The Morgan fingerprint density at radius 1 is 1.06 bits per heavy atom. The van der Waals surface area contributed by atoms with Gasteiger partial charge in [0.05, 0.1) is 11.8 Å². The number of allylic oxidation sites excluding steroid dienone is 2. The van der Waals surface area contributed by atoms with Crippen molar-refractivity contribution in [3.05, 3.63) is 42.5 Å². The van der Waals surface area contributed by atoms with Gasteiger partial charge in [-0.3, -0.25) is 19.5 Å². The molecule has 1 saturated carbocycles. The van der Waals surface area contributed by atoms with Crippen LogP contribution in [0.1, 0.15) is 12.8 Å². The number of amides is 2. The van der Waals surface area contributed by atoms with E-state index in [1.165, 1.54) is 10.6 Å². The van der Waals surface area contributed by atoms with Crippen LogP contribution in [-0.2, 0) is 9.59 Å². The molecule has 7 nitrogen and oxygen atoms in total. The molecule has 31 heavy (non-hydrogen) atoms. The van der Waals surface area contributed by atoms with E-state index in [0.29, 0.717) is 19.0 Å². The summed E-state index contributed by atoms with van der Waals surface area (Å²) >= 11 is 0. The van der Waals surface area contributed by atoms with Crippen molar-refractivity contribution in [3.8, 4) is 0 Å². The van der Waals surface area contributed by atoms with Gasteiger partial charge in [-0.15, -0.1) is 24.0 Å². The maximum Gasteiger partial charge on any atom is 0.233 e. The predicted molar refractivity (Wildman–Crippen MR) is 134 cm³/mol. The lowest BCUT2D eigenvalue weighted by atomic mass is 9.85. The Labute approximate surface area is 201 Å². The molecule has 168 valence electrons. The molecule has 1 heterocycles. The highest BCUT2D eigenvalue weighted by molar-refractivity contribution is 14.0. The van der Waals surface area contributed by atoms with E-state index in [2.05, 4.69) is 51.9 Å². The van der Waals surface area contributed by atoms with Crippen LogP contribution in [0, 0.1) is 23.7 Å². The van der Waals surface area contributed by atoms with Crippen molar-refractivity contribution in [2.24, 2.45) is 28.7 Å². The van der Waals surface area contributed by atoms with Crippen molar-refractivity contribution in [2.75, 3.05) is 45.2 Å². The number of aliphatic imine (C=N–C) groups is 1. The summed E-state index contributed by atoms with van der Waals surface area (Å²) in [5, 5.41) is 6.53. The zero-order valence-corrected chi connectivity index (χ0v) is 20.5. The van der Waals surface area contributed by atoms with Gasteiger partial charge in [0.15, 0.2) is 5.96 Å². The highest BCUT2D eigenvalue weighted by Crippen LogP contribution is 2.52. The summed E-state index contributed by atoms with van der Waals surface area (Å²) in [5.41, 5.74) is 1.20. The van der Waals surface area contributed by atoms with Gasteiger partial charge in [0.1, 0.15) is 0 Å². The third kappa shape index (κ3) is 4.88. The van der Waals surface area contributed by atoms with Crippen LogP contribution in [0.4, 0.5) is 5.69 Å². The number of guanidine groups is 1. The first-order valence-electron chi connectivity index (χ1n) is 10.8. The molecule has 4 atom stereocenters. The SMILES string of the molecule is CN=C(NCCCN(C)c1ccccc1)NCCN1C(=O)C2C3C=CC(C3)C2C1=O.I. The van der Waals surface area contributed by atoms with E-state index < -0.39 is 0 Å². The second kappa shape index (κ2) is 10.5. The van der Waals surface area contributed by atoms with E-state index >= 15 is 0 Å². The lowest BCUT2D eigenvalue weighted by molar-refractivity contribution is -0.140.